The van der Waals surface area contributed by atoms with E-state index >= 15 is 0 Å². The maximum absolute atomic E-state index is 10.6. The van der Waals surface area contributed by atoms with E-state index in [0.29, 0.717) is 13.0 Å². The first-order valence-electron chi connectivity index (χ1n) is 2.75. The van der Waals surface area contributed by atoms with E-state index < -0.39 is 0 Å². The third-order valence-corrected chi connectivity index (χ3v) is 1.20. The van der Waals surface area contributed by atoms with Gasteiger partial charge < -0.3 is 4.84 Å². The fourth-order valence-electron chi connectivity index (χ4n) is 0.787. The van der Waals surface area contributed by atoms with E-state index in [1.54, 1.807) is 0 Å². The summed E-state index contributed by atoms with van der Waals surface area (Å²) in [5, 5.41) is 1.08. The Hall–Kier alpha value is -0.320. The molecular formula is C5H7AgNO3. The maximum Gasteiger partial charge on any atom is 0.320 e. The van der Waals surface area contributed by atoms with Crippen LogP contribution < -0.4 is 0 Å². The van der Waals surface area contributed by atoms with Crippen molar-refractivity contribution in [1.29, 1.82) is 0 Å². The van der Waals surface area contributed by atoms with Crippen LogP contribution in [0.4, 0.5) is 0 Å². The zero-order valence-corrected chi connectivity index (χ0v) is 6.65. The molecule has 1 saturated heterocycles. The summed E-state index contributed by atoms with van der Waals surface area (Å²) in [7, 11) is 0. The molecule has 1 fully saturated rings. The molecule has 1 amide bonds. The van der Waals surface area contributed by atoms with E-state index in [1.807, 2.05) is 0 Å². The maximum atomic E-state index is 10.6. The van der Waals surface area contributed by atoms with E-state index in [9.17, 15) is 9.59 Å². The molecule has 0 spiro atoms. The molecule has 0 saturated carbocycles. The molecule has 1 radical (unpaired) electrons. The summed E-state index contributed by atoms with van der Waals surface area (Å²) < 4.78 is 0. The van der Waals surface area contributed by atoms with Crippen molar-refractivity contribution in [2.24, 2.45) is 0 Å². The van der Waals surface area contributed by atoms with Gasteiger partial charge in [-0.3, -0.25) is 9.59 Å². The largest absolute Gasteiger partial charge is 0.342 e. The van der Waals surface area contributed by atoms with Crippen molar-refractivity contribution in [3.05, 3.63) is 0 Å². The monoisotopic (exact) mass is 236 g/mol. The van der Waals surface area contributed by atoms with Crippen LogP contribution in [0.1, 0.15) is 12.8 Å². The van der Waals surface area contributed by atoms with Crippen molar-refractivity contribution in [2.45, 2.75) is 12.8 Å². The second kappa shape index (κ2) is 4.49. The number of carbonyl (C=O) groups is 2. The molecule has 0 aromatic heterocycles. The molecule has 61 valence electrons. The summed E-state index contributed by atoms with van der Waals surface area (Å²) in [5.41, 5.74) is 0. The average molecular weight is 237 g/mol. The van der Waals surface area contributed by atoms with Crippen molar-refractivity contribution in [1.82, 2.24) is 5.06 Å². The zero-order valence-electron chi connectivity index (χ0n) is 5.17. The van der Waals surface area contributed by atoms with Crippen molar-refractivity contribution < 1.29 is 36.8 Å². The summed E-state index contributed by atoms with van der Waals surface area (Å²) in [6, 6.07) is 0. The van der Waals surface area contributed by atoms with Crippen LogP contribution in [-0.4, -0.2) is 24.0 Å². The minimum absolute atomic E-state index is 0. The number of amides is 1. The molecular weight excluding hydrogens is 230 g/mol. The van der Waals surface area contributed by atoms with E-state index in [4.69, 9.17) is 0 Å². The van der Waals surface area contributed by atoms with Crippen LogP contribution in [0.3, 0.4) is 0 Å². The molecule has 1 heterocycles. The van der Waals surface area contributed by atoms with Crippen LogP contribution in [0.15, 0.2) is 0 Å². The van der Waals surface area contributed by atoms with Gasteiger partial charge in [0.15, 0.2) is 0 Å². The first kappa shape index (κ1) is 9.68. The summed E-state index contributed by atoms with van der Waals surface area (Å²) in [5.74, 6) is -0.109. The van der Waals surface area contributed by atoms with Crippen LogP contribution in [-0.2, 0) is 36.8 Å². The molecule has 0 aliphatic carbocycles. The second-order valence-corrected chi connectivity index (χ2v) is 1.80. The number of hydrogen-bond acceptors (Lipinski definition) is 3. The average Bonchev–Trinajstić information content (AvgIpc) is 2.18. The van der Waals surface area contributed by atoms with Gasteiger partial charge in [0.25, 0.3) is 5.91 Å². The number of hydrogen-bond donors (Lipinski definition) is 0. The van der Waals surface area contributed by atoms with Gasteiger partial charge in [-0.15, -0.1) is 0 Å². The summed E-state index contributed by atoms with van der Waals surface area (Å²) in [6.45, 7) is 0.806. The van der Waals surface area contributed by atoms with Crippen LogP contribution in [0.5, 0.6) is 0 Å². The first-order valence-corrected chi connectivity index (χ1v) is 2.75. The fraction of sp³-hybridized carbons (Fsp3) is 0.600. The molecule has 0 aromatic rings. The van der Waals surface area contributed by atoms with Crippen molar-refractivity contribution in [2.75, 3.05) is 6.54 Å². The molecule has 0 aromatic carbocycles. The predicted octanol–water partition coefficient (Wildman–Crippen LogP) is -0.306. The number of nitrogens with zero attached hydrogens (tertiary/aromatic N) is 1. The van der Waals surface area contributed by atoms with Gasteiger partial charge in [-0.2, -0.15) is 5.06 Å². The number of rotatable bonds is 2. The molecule has 1 aliphatic heterocycles. The van der Waals surface area contributed by atoms with Gasteiger partial charge >= 0.3 is 6.47 Å². The number of carbonyl (C=O) groups excluding carboxylic acids is 2. The predicted molar refractivity (Wildman–Crippen MR) is 28.1 cm³/mol. The molecule has 5 heteroatoms. The Kier molecular flexibility index (Phi) is 4.35. The van der Waals surface area contributed by atoms with E-state index in [0.717, 1.165) is 11.5 Å². The Morgan fingerprint density at radius 1 is 1.60 bits per heavy atom. The Morgan fingerprint density at radius 2 is 2.30 bits per heavy atom. The Bertz CT molecular complexity index is 139. The van der Waals surface area contributed by atoms with Crippen molar-refractivity contribution in [3.63, 3.8) is 0 Å². The third kappa shape index (κ3) is 2.13. The molecule has 0 N–H and O–H groups in total. The number of hydroxylamine groups is 2. The fourth-order valence-corrected chi connectivity index (χ4v) is 0.787. The molecule has 1 aliphatic rings. The van der Waals surface area contributed by atoms with E-state index in [-0.39, 0.29) is 34.8 Å². The Balaban J connectivity index is 0.000000810. The van der Waals surface area contributed by atoms with Crippen molar-refractivity contribution >= 4 is 12.4 Å². The van der Waals surface area contributed by atoms with E-state index in [1.165, 1.54) is 0 Å². The van der Waals surface area contributed by atoms with Gasteiger partial charge in [0.2, 0.25) is 0 Å². The second-order valence-electron chi connectivity index (χ2n) is 1.80. The first-order chi connectivity index (χ1) is 4.34. The van der Waals surface area contributed by atoms with Gasteiger partial charge in [-0.05, 0) is 6.42 Å². The van der Waals surface area contributed by atoms with Crippen LogP contribution >= 0.6 is 0 Å². The summed E-state index contributed by atoms with van der Waals surface area (Å²) in [6.07, 6.45) is 1.28. The Labute approximate surface area is 74.0 Å². The normalized spacial score (nSPS) is 16.4. The summed E-state index contributed by atoms with van der Waals surface area (Å²) >= 11 is 0. The van der Waals surface area contributed by atoms with Gasteiger partial charge in [-0.1, -0.05) is 0 Å². The molecule has 0 atom stereocenters. The van der Waals surface area contributed by atoms with Crippen LogP contribution in [0, 0.1) is 0 Å². The van der Waals surface area contributed by atoms with Gasteiger partial charge in [0.05, 0.1) is 6.54 Å². The van der Waals surface area contributed by atoms with E-state index in [2.05, 4.69) is 4.84 Å². The topological polar surface area (TPSA) is 46.6 Å². The molecule has 1 rings (SSSR count). The molecule has 0 bridgehead atoms. The quantitative estimate of drug-likeness (QED) is 0.489. The zero-order chi connectivity index (χ0) is 6.69. The SMILES string of the molecule is O=CON1CCCC1=O.[Ag]. The van der Waals surface area contributed by atoms with Gasteiger partial charge in [-0.25, -0.2) is 0 Å². The minimum atomic E-state index is -0.109. The molecule has 0 unspecified atom stereocenters. The molecule has 10 heavy (non-hydrogen) atoms. The van der Waals surface area contributed by atoms with Crippen LogP contribution in [0.25, 0.3) is 0 Å². The van der Waals surface area contributed by atoms with Gasteiger partial charge in [0.1, 0.15) is 0 Å². The standard InChI is InChI=1S/C5H7NO3.Ag/c7-4-9-6-3-1-2-5(6)8;/h4H,1-3H2;. The Morgan fingerprint density at radius 3 is 2.70 bits per heavy atom. The van der Waals surface area contributed by atoms with Gasteiger partial charge in [0, 0.05) is 28.8 Å². The molecule has 4 nitrogen and oxygen atoms in total. The summed E-state index contributed by atoms with van der Waals surface area (Å²) in [4.78, 5) is 24.6. The third-order valence-electron chi connectivity index (χ3n) is 1.20. The smallest absolute Gasteiger partial charge is 0.320 e. The van der Waals surface area contributed by atoms with Crippen molar-refractivity contribution in [3.8, 4) is 0 Å². The van der Waals surface area contributed by atoms with Crippen LogP contribution in [0.2, 0.25) is 0 Å². The minimum Gasteiger partial charge on any atom is -0.342 e.